The Bertz CT molecular complexity index is 1020. The van der Waals surface area contributed by atoms with Gasteiger partial charge in [-0.3, -0.25) is 14.9 Å². The highest BCUT2D eigenvalue weighted by atomic mass is 16.5. The molecule has 1 aliphatic rings. The number of nitrogens with one attached hydrogen (secondary N) is 2. The lowest BCUT2D eigenvalue weighted by molar-refractivity contribution is -0.121. The molecule has 1 unspecified atom stereocenters. The van der Waals surface area contributed by atoms with Gasteiger partial charge in [-0.15, -0.1) is 0 Å². The first-order chi connectivity index (χ1) is 14.1. The summed E-state index contributed by atoms with van der Waals surface area (Å²) in [4.78, 5) is 24.6. The van der Waals surface area contributed by atoms with Gasteiger partial charge in [0, 0.05) is 29.7 Å². The fourth-order valence-electron chi connectivity index (χ4n) is 3.53. The van der Waals surface area contributed by atoms with E-state index in [9.17, 15) is 9.59 Å². The fraction of sp³-hybridized carbons (Fsp3) is 0.261. The molecule has 0 fully saturated rings. The SMILES string of the molecule is CCc1ccc(-c2cc(NC(=O)CCC3Cc4ccccc4NC3=O)on2)cc1. The monoisotopic (exact) mass is 389 g/mol. The average molecular weight is 389 g/mol. The Hall–Kier alpha value is -3.41. The van der Waals surface area contributed by atoms with E-state index >= 15 is 0 Å². The number of hydrogen-bond acceptors (Lipinski definition) is 4. The summed E-state index contributed by atoms with van der Waals surface area (Å²) in [6.07, 6.45) is 2.34. The molecular weight excluding hydrogens is 366 g/mol. The predicted molar refractivity (Wildman–Crippen MR) is 111 cm³/mol. The quantitative estimate of drug-likeness (QED) is 0.653. The Morgan fingerprint density at radius 2 is 2.00 bits per heavy atom. The summed E-state index contributed by atoms with van der Waals surface area (Å²) >= 11 is 0. The number of fused-ring (bicyclic) bond motifs is 1. The first-order valence-corrected chi connectivity index (χ1v) is 9.87. The Morgan fingerprint density at radius 1 is 1.21 bits per heavy atom. The van der Waals surface area contributed by atoms with Gasteiger partial charge in [-0.1, -0.05) is 54.5 Å². The average Bonchev–Trinajstić information content (AvgIpc) is 3.20. The Balaban J connectivity index is 1.32. The van der Waals surface area contributed by atoms with E-state index in [1.165, 1.54) is 5.56 Å². The van der Waals surface area contributed by atoms with E-state index in [-0.39, 0.29) is 24.2 Å². The van der Waals surface area contributed by atoms with Crippen molar-refractivity contribution in [1.29, 1.82) is 0 Å². The molecule has 0 aliphatic carbocycles. The highest BCUT2D eigenvalue weighted by Gasteiger charge is 2.26. The van der Waals surface area contributed by atoms with Gasteiger partial charge >= 0.3 is 0 Å². The standard InChI is InChI=1S/C23H23N3O3/c1-2-15-7-9-16(10-8-15)20-14-22(29-26-20)25-21(27)12-11-18-13-17-5-3-4-6-19(17)24-23(18)28/h3-10,14,18H,2,11-13H2,1H3,(H,24,28)(H,25,27). The summed E-state index contributed by atoms with van der Waals surface area (Å²) in [5.74, 6) is -0.129. The molecule has 0 spiro atoms. The Morgan fingerprint density at radius 3 is 2.79 bits per heavy atom. The molecule has 2 amide bonds. The number of anilines is 2. The molecule has 1 atom stereocenters. The predicted octanol–water partition coefficient (Wildman–Crippen LogP) is 4.43. The van der Waals surface area contributed by atoms with Gasteiger partial charge in [-0.25, -0.2) is 0 Å². The molecule has 4 rings (SSSR count). The van der Waals surface area contributed by atoms with Crippen molar-refractivity contribution in [3.8, 4) is 11.3 Å². The van der Waals surface area contributed by atoms with E-state index in [4.69, 9.17) is 4.52 Å². The summed E-state index contributed by atoms with van der Waals surface area (Å²) in [7, 11) is 0. The van der Waals surface area contributed by atoms with Crippen LogP contribution < -0.4 is 10.6 Å². The highest BCUT2D eigenvalue weighted by molar-refractivity contribution is 5.96. The van der Waals surface area contributed by atoms with Crippen LogP contribution in [-0.4, -0.2) is 17.0 Å². The third-order valence-electron chi connectivity index (χ3n) is 5.26. The minimum atomic E-state index is -0.210. The second-order valence-corrected chi connectivity index (χ2v) is 7.26. The van der Waals surface area contributed by atoms with E-state index < -0.39 is 0 Å². The van der Waals surface area contributed by atoms with Crippen molar-refractivity contribution in [2.75, 3.05) is 10.6 Å². The van der Waals surface area contributed by atoms with E-state index in [0.717, 1.165) is 23.2 Å². The van der Waals surface area contributed by atoms with Gasteiger partial charge in [0.25, 0.3) is 0 Å². The second kappa shape index (κ2) is 8.31. The van der Waals surface area contributed by atoms with Crippen LogP contribution in [0, 0.1) is 5.92 Å². The number of para-hydroxylation sites is 1. The number of carbonyl (C=O) groups is 2. The van der Waals surface area contributed by atoms with Crippen LogP contribution in [0.2, 0.25) is 0 Å². The van der Waals surface area contributed by atoms with Crippen molar-refractivity contribution in [3.63, 3.8) is 0 Å². The number of benzene rings is 2. The minimum Gasteiger partial charge on any atom is -0.338 e. The largest absolute Gasteiger partial charge is 0.338 e. The van der Waals surface area contributed by atoms with Crippen LogP contribution in [0.1, 0.15) is 30.9 Å². The van der Waals surface area contributed by atoms with Crippen LogP contribution in [0.5, 0.6) is 0 Å². The third-order valence-corrected chi connectivity index (χ3v) is 5.26. The highest BCUT2D eigenvalue weighted by Crippen LogP contribution is 2.28. The van der Waals surface area contributed by atoms with Crippen molar-refractivity contribution in [3.05, 3.63) is 65.7 Å². The van der Waals surface area contributed by atoms with Crippen molar-refractivity contribution < 1.29 is 14.1 Å². The second-order valence-electron chi connectivity index (χ2n) is 7.26. The third kappa shape index (κ3) is 4.37. The molecular formula is C23H23N3O3. The van der Waals surface area contributed by atoms with Gasteiger partial charge in [-0.05, 0) is 36.5 Å². The molecule has 0 radical (unpaired) electrons. The lowest BCUT2D eigenvalue weighted by Gasteiger charge is -2.24. The molecule has 3 aromatic rings. The Labute approximate surface area is 169 Å². The van der Waals surface area contributed by atoms with E-state index in [2.05, 4.69) is 34.8 Å². The number of rotatable bonds is 6. The maximum absolute atomic E-state index is 12.3. The minimum absolute atomic E-state index is 0.0334. The fourth-order valence-corrected chi connectivity index (χ4v) is 3.53. The van der Waals surface area contributed by atoms with Crippen LogP contribution >= 0.6 is 0 Å². The van der Waals surface area contributed by atoms with Gasteiger partial charge < -0.3 is 9.84 Å². The molecule has 0 bridgehead atoms. The zero-order chi connectivity index (χ0) is 20.2. The van der Waals surface area contributed by atoms with Crippen molar-refractivity contribution in [2.45, 2.75) is 32.6 Å². The van der Waals surface area contributed by atoms with E-state index in [1.54, 1.807) is 6.07 Å². The zero-order valence-electron chi connectivity index (χ0n) is 16.3. The van der Waals surface area contributed by atoms with Gasteiger partial charge in [-0.2, -0.15) is 0 Å². The van der Waals surface area contributed by atoms with Crippen molar-refractivity contribution in [2.24, 2.45) is 5.92 Å². The number of nitrogens with zero attached hydrogens (tertiary/aromatic N) is 1. The number of hydrogen-bond donors (Lipinski definition) is 2. The molecule has 0 saturated carbocycles. The van der Waals surface area contributed by atoms with Crippen LogP contribution in [0.15, 0.2) is 59.1 Å². The topological polar surface area (TPSA) is 84.2 Å². The molecule has 0 saturated heterocycles. The van der Waals surface area contributed by atoms with Gasteiger partial charge in [0.15, 0.2) is 0 Å². The van der Waals surface area contributed by atoms with E-state index in [0.29, 0.717) is 24.4 Å². The molecule has 1 aliphatic heterocycles. The van der Waals surface area contributed by atoms with Crippen molar-refractivity contribution in [1.82, 2.24) is 5.16 Å². The molecule has 2 N–H and O–H groups in total. The molecule has 29 heavy (non-hydrogen) atoms. The maximum atomic E-state index is 12.3. The number of aryl methyl sites for hydroxylation is 1. The summed E-state index contributed by atoms with van der Waals surface area (Å²) in [6.45, 7) is 2.11. The first kappa shape index (κ1) is 18.9. The first-order valence-electron chi connectivity index (χ1n) is 9.87. The summed E-state index contributed by atoms with van der Waals surface area (Å²) < 4.78 is 5.24. The number of amides is 2. The zero-order valence-corrected chi connectivity index (χ0v) is 16.3. The van der Waals surface area contributed by atoms with Gasteiger partial charge in [0.2, 0.25) is 17.7 Å². The molecule has 2 heterocycles. The summed E-state index contributed by atoms with van der Waals surface area (Å²) in [6, 6.07) is 17.5. The smallest absolute Gasteiger partial charge is 0.231 e. The molecule has 6 nitrogen and oxygen atoms in total. The van der Waals surface area contributed by atoms with Crippen molar-refractivity contribution >= 4 is 23.4 Å². The van der Waals surface area contributed by atoms with E-state index in [1.807, 2.05) is 36.4 Å². The molecule has 1 aromatic heterocycles. The summed E-state index contributed by atoms with van der Waals surface area (Å²) in [5, 5.41) is 9.67. The normalized spacial score (nSPS) is 15.5. The van der Waals surface area contributed by atoms with Gasteiger partial charge in [0.05, 0.1) is 0 Å². The number of carbonyl (C=O) groups excluding carboxylic acids is 2. The molecule has 148 valence electrons. The van der Waals surface area contributed by atoms with Gasteiger partial charge in [0.1, 0.15) is 5.69 Å². The van der Waals surface area contributed by atoms with Crippen LogP contribution in [0.3, 0.4) is 0 Å². The van der Waals surface area contributed by atoms with Crippen LogP contribution in [0.25, 0.3) is 11.3 Å². The number of aromatic nitrogens is 1. The van der Waals surface area contributed by atoms with Crippen LogP contribution in [0.4, 0.5) is 11.6 Å². The molecule has 2 aromatic carbocycles. The Kier molecular flexibility index (Phi) is 5.42. The van der Waals surface area contributed by atoms with Crippen LogP contribution in [-0.2, 0) is 22.4 Å². The lowest BCUT2D eigenvalue weighted by Crippen LogP contribution is -2.30. The lowest BCUT2D eigenvalue weighted by atomic mass is 9.89. The molecule has 6 heteroatoms. The summed E-state index contributed by atoms with van der Waals surface area (Å²) in [5.41, 5.74) is 4.82. The maximum Gasteiger partial charge on any atom is 0.231 e.